The van der Waals surface area contributed by atoms with Crippen LogP contribution in [0.25, 0.3) is 10.8 Å². The Kier molecular flexibility index (Phi) is 3.76. The van der Waals surface area contributed by atoms with Crippen molar-refractivity contribution in [2.75, 3.05) is 0 Å². The van der Waals surface area contributed by atoms with Gasteiger partial charge in [-0.2, -0.15) is 0 Å². The maximum absolute atomic E-state index is 13.9. The number of hydrogen-bond donors (Lipinski definition) is 0. The average Bonchev–Trinajstić information content (AvgIpc) is 2.55. The molecule has 0 aliphatic heterocycles. The van der Waals surface area contributed by atoms with E-state index >= 15 is 0 Å². The predicted octanol–water partition coefficient (Wildman–Crippen LogP) is 4.68. The summed E-state index contributed by atoms with van der Waals surface area (Å²) in [6, 6.07) is 15.8. The standard InChI is InChI=1S/C19H12F2O/c1-2-15-18-14(11-16(20)19(15)21)9-6-10-17(18)22-12-13-7-4-3-5-8-13/h1,3-11H,12H2. The Balaban J connectivity index is 2.07. The van der Waals surface area contributed by atoms with Crippen LogP contribution in [0.2, 0.25) is 0 Å². The molecule has 0 aromatic heterocycles. The van der Waals surface area contributed by atoms with Crippen LogP contribution in [0.4, 0.5) is 8.78 Å². The van der Waals surface area contributed by atoms with Gasteiger partial charge >= 0.3 is 0 Å². The van der Waals surface area contributed by atoms with Gasteiger partial charge in [0.2, 0.25) is 0 Å². The van der Waals surface area contributed by atoms with Crippen LogP contribution >= 0.6 is 0 Å². The first kappa shape index (κ1) is 14.1. The molecular formula is C19H12F2O. The van der Waals surface area contributed by atoms with Crippen molar-refractivity contribution in [3.05, 3.63) is 77.4 Å². The highest BCUT2D eigenvalue weighted by atomic mass is 19.2. The van der Waals surface area contributed by atoms with Gasteiger partial charge in [-0.1, -0.05) is 48.4 Å². The van der Waals surface area contributed by atoms with Crippen LogP contribution in [0.1, 0.15) is 11.1 Å². The molecule has 0 saturated heterocycles. The van der Waals surface area contributed by atoms with E-state index in [9.17, 15) is 8.78 Å². The number of benzene rings is 3. The quantitative estimate of drug-likeness (QED) is 0.637. The van der Waals surface area contributed by atoms with Crippen molar-refractivity contribution in [2.24, 2.45) is 0 Å². The van der Waals surface area contributed by atoms with Crippen LogP contribution in [-0.2, 0) is 6.61 Å². The summed E-state index contributed by atoms with van der Waals surface area (Å²) >= 11 is 0. The van der Waals surface area contributed by atoms with E-state index < -0.39 is 11.6 Å². The van der Waals surface area contributed by atoms with Gasteiger partial charge in [0.15, 0.2) is 11.6 Å². The lowest BCUT2D eigenvalue weighted by Crippen LogP contribution is -1.99. The van der Waals surface area contributed by atoms with E-state index in [-0.39, 0.29) is 5.56 Å². The van der Waals surface area contributed by atoms with Gasteiger partial charge in [0, 0.05) is 5.39 Å². The fourth-order valence-corrected chi connectivity index (χ4v) is 2.36. The number of rotatable bonds is 3. The normalized spacial score (nSPS) is 10.4. The van der Waals surface area contributed by atoms with Crippen molar-refractivity contribution in [1.29, 1.82) is 0 Å². The highest BCUT2D eigenvalue weighted by Crippen LogP contribution is 2.32. The predicted molar refractivity (Wildman–Crippen MR) is 82.6 cm³/mol. The molecule has 0 aliphatic rings. The van der Waals surface area contributed by atoms with E-state index in [1.54, 1.807) is 18.2 Å². The van der Waals surface area contributed by atoms with E-state index in [1.165, 1.54) is 0 Å². The molecule has 22 heavy (non-hydrogen) atoms. The SMILES string of the molecule is C#Cc1c(F)c(F)cc2cccc(OCc3ccccc3)c12. The van der Waals surface area contributed by atoms with Crippen molar-refractivity contribution in [3.8, 4) is 18.1 Å². The summed E-state index contributed by atoms with van der Waals surface area (Å²) in [5, 5.41) is 0.928. The zero-order chi connectivity index (χ0) is 15.5. The topological polar surface area (TPSA) is 9.23 Å². The van der Waals surface area contributed by atoms with E-state index in [4.69, 9.17) is 11.2 Å². The molecule has 3 rings (SSSR count). The molecular weight excluding hydrogens is 282 g/mol. The first-order valence-electron chi connectivity index (χ1n) is 6.75. The van der Waals surface area contributed by atoms with Crippen LogP contribution in [0.15, 0.2) is 54.6 Å². The maximum Gasteiger partial charge on any atom is 0.175 e. The van der Waals surface area contributed by atoms with Crippen LogP contribution in [0.5, 0.6) is 5.75 Å². The minimum absolute atomic E-state index is 0.112. The Hall–Kier alpha value is -2.86. The molecule has 0 radical (unpaired) electrons. The minimum atomic E-state index is -1.02. The molecule has 0 unspecified atom stereocenters. The van der Waals surface area contributed by atoms with Gasteiger partial charge in [-0.3, -0.25) is 0 Å². The largest absolute Gasteiger partial charge is 0.488 e. The van der Waals surface area contributed by atoms with Gasteiger partial charge in [-0.25, -0.2) is 8.78 Å². The molecule has 0 saturated carbocycles. The number of hydrogen-bond acceptors (Lipinski definition) is 1. The van der Waals surface area contributed by atoms with Crippen LogP contribution in [-0.4, -0.2) is 0 Å². The monoisotopic (exact) mass is 294 g/mol. The molecule has 0 atom stereocenters. The third kappa shape index (κ3) is 2.51. The zero-order valence-corrected chi connectivity index (χ0v) is 11.6. The van der Waals surface area contributed by atoms with Crippen molar-refractivity contribution >= 4 is 10.8 Å². The summed E-state index contributed by atoms with van der Waals surface area (Å²) < 4.78 is 33.2. The number of halogens is 2. The van der Waals surface area contributed by atoms with Crippen LogP contribution < -0.4 is 4.74 Å². The highest BCUT2D eigenvalue weighted by molar-refractivity contribution is 5.93. The molecule has 3 aromatic carbocycles. The second-order valence-electron chi connectivity index (χ2n) is 4.82. The van der Waals surface area contributed by atoms with Crippen molar-refractivity contribution in [3.63, 3.8) is 0 Å². The van der Waals surface area contributed by atoms with E-state index in [1.807, 2.05) is 30.3 Å². The summed E-state index contributed by atoms with van der Waals surface area (Å²) in [4.78, 5) is 0. The Labute approximate surface area is 127 Å². The smallest absolute Gasteiger partial charge is 0.175 e. The van der Waals surface area contributed by atoms with Gasteiger partial charge in [-0.05, 0) is 23.1 Å². The van der Waals surface area contributed by atoms with Gasteiger partial charge in [0.05, 0.1) is 5.56 Å². The van der Waals surface area contributed by atoms with Crippen molar-refractivity contribution in [2.45, 2.75) is 6.61 Å². The molecule has 108 valence electrons. The molecule has 3 heteroatoms. The highest BCUT2D eigenvalue weighted by Gasteiger charge is 2.15. The number of fused-ring (bicyclic) bond motifs is 1. The number of terminal acetylenes is 1. The fraction of sp³-hybridized carbons (Fsp3) is 0.0526. The lowest BCUT2D eigenvalue weighted by molar-refractivity contribution is 0.310. The molecule has 0 fully saturated rings. The molecule has 0 aliphatic carbocycles. The molecule has 1 nitrogen and oxygen atoms in total. The summed E-state index contributed by atoms with van der Waals surface area (Å²) in [6.07, 6.45) is 5.35. The minimum Gasteiger partial charge on any atom is -0.488 e. The summed E-state index contributed by atoms with van der Waals surface area (Å²) in [6.45, 7) is 0.322. The van der Waals surface area contributed by atoms with E-state index in [0.29, 0.717) is 23.1 Å². The average molecular weight is 294 g/mol. The molecule has 0 heterocycles. The van der Waals surface area contributed by atoms with E-state index in [0.717, 1.165) is 11.6 Å². The molecule has 3 aromatic rings. The Morgan fingerprint density at radius 1 is 1.00 bits per heavy atom. The fourth-order valence-electron chi connectivity index (χ4n) is 2.36. The number of ether oxygens (including phenoxy) is 1. The lowest BCUT2D eigenvalue weighted by atomic mass is 10.0. The third-order valence-electron chi connectivity index (χ3n) is 3.40. The summed E-state index contributed by atoms with van der Waals surface area (Å²) in [5.41, 5.74) is 0.864. The van der Waals surface area contributed by atoms with Crippen LogP contribution in [0, 0.1) is 24.0 Å². The third-order valence-corrected chi connectivity index (χ3v) is 3.40. The van der Waals surface area contributed by atoms with Crippen molar-refractivity contribution < 1.29 is 13.5 Å². The van der Waals surface area contributed by atoms with Gasteiger partial charge in [-0.15, -0.1) is 6.42 Å². The van der Waals surface area contributed by atoms with Gasteiger partial charge < -0.3 is 4.74 Å². The molecule has 0 N–H and O–H groups in total. The first-order valence-corrected chi connectivity index (χ1v) is 6.75. The summed E-state index contributed by atoms with van der Waals surface area (Å²) in [7, 11) is 0. The lowest BCUT2D eigenvalue weighted by Gasteiger charge is -2.12. The Morgan fingerprint density at radius 3 is 2.50 bits per heavy atom. The Bertz CT molecular complexity index is 864. The Morgan fingerprint density at radius 2 is 1.77 bits per heavy atom. The van der Waals surface area contributed by atoms with Gasteiger partial charge in [0.1, 0.15) is 12.4 Å². The molecule has 0 amide bonds. The first-order chi connectivity index (χ1) is 10.7. The van der Waals surface area contributed by atoms with Crippen molar-refractivity contribution in [1.82, 2.24) is 0 Å². The maximum atomic E-state index is 13.9. The van der Waals surface area contributed by atoms with E-state index in [2.05, 4.69) is 5.92 Å². The van der Waals surface area contributed by atoms with Gasteiger partial charge in [0.25, 0.3) is 0 Å². The second-order valence-corrected chi connectivity index (χ2v) is 4.82. The summed E-state index contributed by atoms with van der Waals surface area (Å²) in [5.74, 6) is 0.681. The van der Waals surface area contributed by atoms with Crippen LogP contribution in [0.3, 0.4) is 0 Å². The molecule has 0 bridgehead atoms. The second kappa shape index (κ2) is 5.87. The molecule has 0 spiro atoms. The zero-order valence-electron chi connectivity index (χ0n) is 11.6.